The second kappa shape index (κ2) is 6.61. The number of carboxylic acids is 1. The summed E-state index contributed by atoms with van der Waals surface area (Å²) in [4.78, 5) is 35.8. The van der Waals surface area contributed by atoms with E-state index < -0.39 is 36.0 Å². The van der Waals surface area contributed by atoms with Gasteiger partial charge in [0.1, 0.15) is 0 Å². The van der Waals surface area contributed by atoms with Crippen molar-refractivity contribution in [1.82, 2.24) is 4.90 Å². The predicted molar refractivity (Wildman–Crippen MR) is 79.3 cm³/mol. The highest BCUT2D eigenvalue weighted by molar-refractivity contribution is 6.08. The Bertz CT molecular complexity index is 738. The van der Waals surface area contributed by atoms with Gasteiger partial charge in [0.05, 0.1) is 38.3 Å². The third-order valence-corrected chi connectivity index (χ3v) is 3.71. The van der Waals surface area contributed by atoms with Crippen molar-refractivity contribution in [2.45, 2.75) is 13.0 Å². The quantitative estimate of drug-likeness (QED) is 0.761. The van der Waals surface area contributed by atoms with Gasteiger partial charge in [-0.1, -0.05) is 6.07 Å². The van der Waals surface area contributed by atoms with Crippen molar-refractivity contribution in [2.24, 2.45) is 0 Å². The van der Waals surface area contributed by atoms with Gasteiger partial charge in [-0.25, -0.2) is 0 Å². The Hall–Kier alpha value is -3.03. The molecule has 1 N–H and O–H groups in total. The number of carboxylic acid groups (broad SMARTS) is 1. The number of hydrogen-bond donors (Lipinski definition) is 1. The van der Waals surface area contributed by atoms with Gasteiger partial charge in [-0.05, 0) is 24.6 Å². The Morgan fingerprint density at radius 3 is 2.38 bits per heavy atom. The van der Waals surface area contributed by atoms with Crippen molar-refractivity contribution < 1.29 is 34.1 Å². The largest absolute Gasteiger partial charge is 0.548 e. The highest BCUT2D eigenvalue weighted by atomic mass is 16.5. The number of aliphatic carboxylic acids is 1. The van der Waals surface area contributed by atoms with Gasteiger partial charge in [-0.2, -0.15) is 0 Å². The van der Waals surface area contributed by atoms with Crippen molar-refractivity contribution in [3.63, 3.8) is 0 Å². The molecule has 1 heterocycles. The van der Waals surface area contributed by atoms with Gasteiger partial charge in [0.15, 0.2) is 23.0 Å². The van der Waals surface area contributed by atoms with Crippen LogP contribution in [-0.2, 0) is 14.4 Å². The first kappa shape index (κ1) is 17.3. The first-order chi connectivity index (χ1) is 11.3. The van der Waals surface area contributed by atoms with E-state index in [4.69, 9.17) is 9.47 Å². The maximum absolute atomic E-state index is 12.1. The molecule has 1 aliphatic rings. The third kappa shape index (κ3) is 2.90. The number of ketones is 1. The minimum absolute atomic E-state index is 0.173. The highest BCUT2D eigenvalue weighted by Crippen LogP contribution is 2.40. The van der Waals surface area contributed by atoms with E-state index >= 15 is 0 Å². The molecule has 24 heavy (non-hydrogen) atoms. The number of aliphatic hydroxyl groups excluding tert-OH is 1. The topological polar surface area (TPSA) is 116 Å². The van der Waals surface area contributed by atoms with Crippen LogP contribution in [0, 0.1) is 0 Å². The van der Waals surface area contributed by atoms with Crippen LogP contribution in [0.25, 0.3) is 0 Å². The molecule has 0 aliphatic carbocycles. The molecule has 2 rings (SSSR count). The number of rotatable bonds is 6. The number of carbonyl (C=O) groups excluding carboxylic acids is 3. The number of nitrogens with zero attached hydrogens (tertiary/aromatic N) is 1. The lowest BCUT2D eigenvalue weighted by Gasteiger charge is -2.27. The molecule has 8 nitrogen and oxygen atoms in total. The fourth-order valence-corrected chi connectivity index (χ4v) is 2.68. The minimum Gasteiger partial charge on any atom is -0.548 e. The van der Waals surface area contributed by atoms with Crippen molar-refractivity contribution in [3.05, 3.63) is 35.1 Å². The SMILES string of the molecule is COc1ccc([C@H]2C(C(C)=O)=C(O)C(=O)N2CC(=O)[O-])cc1OC. The van der Waals surface area contributed by atoms with Gasteiger partial charge in [-0.3, -0.25) is 9.59 Å². The average molecular weight is 334 g/mol. The van der Waals surface area contributed by atoms with Crippen LogP contribution in [0.4, 0.5) is 0 Å². The standard InChI is InChI=1S/C16H17NO7/c1-8(18)13-14(17(7-12(19)20)16(22)15(13)21)9-4-5-10(23-2)11(6-9)24-3/h4-6,14,21H,7H2,1-3H3,(H,19,20)/p-1/t14-/m0/s1. The van der Waals surface area contributed by atoms with E-state index in [1.165, 1.54) is 27.2 Å². The van der Waals surface area contributed by atoms with E-state index in [0.717, 1.165) is 4.90 Å². The zero-order valence-electron chi connectivity index (χ0n) is 13.4. The molecular formula is C16H16NO7-. The van der Waals surface area contributed by atoms with Crippen LogP contribution < -0.4 is 14.6 Å². The van der Waals surface area contributed by atoms with Crippen molar-refractivity contribution in [3.8, 4) is 11.5 Å². The number of hydrogen-bond acceptors (Lipinski definition) is 7. The van der Waals surface area contributed by atoms with Crippen molar-refractivity contribution >= 4 is 17.7 Å². The molecule has 0 aromatic heterocycles. The zero-order valence-corrected chi connectivity index (χ0v) is 13.4. The average Bonchev–Trinajstić information content (AvgIpc) is 2.78. The first-order valence-electron chi connectivity index (χ1n) is 6.98. The fraction of sp³-hybridized carbons (Fsp3) is 0.312. The summed E-state index contributed by atoms with van der Waals surface area (Å²) in [5.41, 5.74) is 0.227. The van der Waals surface area contributed by atoms with Gasteiger partial charge in [-0.15, -0.1) is 0 Å². The normalized spacial score (nSPS) is 17.2. The van der Waals surface area contributed by atoms with Gasteiger partial charge in [0.2, 0.25) is 0 Å². The van der Waals surface area contributed by atoms with E-state index in [9.17, 15) is 24.6 Å². The van der Waals surface area contributed by atoms with Crippen LogP contribution in [0.1, 0.15) is 18.5 Å². The molecular weight excluding hydrogens is 318 g/mol. The van der Waals surface area contributed by atoms with Crippen LogP contribution in [0.2, 0.25) is 0 Å². The maximum atomic E-state index is 12.1. The Morgan fingerprint density at radius 1 is 1.25 bits per heavy atom. The Labute approximate surface area is 137 Å². The molecule has 0 radical (unpaired) electrons. The lowest BCUT2D eigenvalue weighted by molar-refractivity contribution is -0.306. The maximum Gasteiger partial charge on any atom is 0.290 e. The van der Waals surface area contributed by atoms with Gasteiger partial charge >= 0.3 is 0 Å². The molecule has 1 aromatic rings. The van der Waals surface area contributed by atoms with Crippen molar-refractivity contribution in [2.75, 3.05) is 20.8 Å². The van der Waals surface area contributed by atoms with E-state index in [2.05, 4.69) is 0 Å². The molecule has 0 saturated heterocycles. The van der Waals surface area contributed by atoms with Crippen LogP contribution in [0.15, 0.2) is 29.5 Å². The highest BCUT2D eigenvalue weighted by Gasteiger charge is 2.42. The third-order valence-electron chi connectivity index (χ3n) is 3.71. The van der Waals surface area contributed by atoms with E-state index in [-0.39, 0.29) is 5.57 Å². The number of carbonyl (C=O) groups is 3. The van der Waals surface area contributed by atoms with E-state index in [1.54, 1.807) is 12.1 Å². The van der Waals surface area contributed by atoms with Crippen LogP contribution >= 0.6 is 0 Å². The van der Waals surface area contributed by atoms with E-state index in [1.807, 2.05) is 0 Å². The first-order valence-corrected chi connectivity index (χ1v) is 6.98. The number of methoxy groups -OCH3 is 2. The Kier molecular flexibility index (Phi) is 4.77. The fourth-order valence-electron chi connectivity index (χ4n) is 2.68. The summed E-state index contributed by atoms with van der Waals surface area (Å²) >= 11 is 0. The van der Waals surface area contributed by atoms with Crippen molar-refractivity contribution in [1.29, 1.82) is 0 Å². The van der Waals surface area contributed by atoms with Crippen LogP contribution in [-0.4, -0.2) is 48.4 Å². The summed E-state index contributed by atoms with van der Waals surface area (Å²) in [5, 5.41) is 20.9. The lowest BCUT2D eigenvalue weighted by atomic mass is 9.96. The summed E-state index contributed by atoms with van der Waals surface area (Å²) in [6.45, 7) is 0.424. The Balaban J connectivity index is 2.59. The summed E-state index contributed by atoms with van der Waals surface area (Å²) in [6.07, 6.45) is 0. The molecule has 128 valence electrons. The molecule has 1 aliphatic heterocycles. The second-order valence-corrected chi connectivity index (χ2v) is 5.14. The van der Waals surface area contributed by atoms with Crippen LogP contribution in [0.5, 0.6) is 11.5 Å². The summed E-state index contributed by atoms with van der Waals surface area (Å²) in [5.74, 6) is -2.99. The molecule has 0 bridgehead atoms. The molecule has 1 atom stereocenters. The van der Waals surface area contributed by atoms with Gasteiger partial charge < -0.3 is 29.4 Å². The Morgan fingerprint density at radius 2 is 1.88 bits per heavy atom. The van der Waals surface area contributed by atoms with Gasteiger partial charge in [0.25, 0.3) is 5.91 Å². The molecule has 8 heteroatoms. The van der Waals surface area contributed by atoms with Crippen LogP contribution in [0.3, 0.4) is 0 Å². The molecule has 0 fully saturated rings. The molecule has 1 aromatic carbocycles. The molecule has 1 amide bonds. The number of ether oxygens (including phenoxy) is 2. The molecule has 0 unspecified atom stereocenters. The summed E-state index contributed by atoms with van der Waals surface area (Å²) in [7, 11) is 2.87. The number of aliphatic hydroxyl groups is 1. The van der Waals surface area contributed by atoms with Gasteiger partial charge in [0, 0.05) is 0 Å². The van der Waals surface area contributed by atoms with E-state index in [0.29, 0.717) is 17.1 Å². The minimum atomic E-state index is -1.51. The number of Topliss-reactive ketones (excluding diaryl/α,β-unsaturated/α-hetero) is 1. The number of amides is 1. The number of benzene rings is 1. The zero-order chi connectivity index (χ0) is 18.0. The summed E-state index contributed by atoms with van der Waals surface area (Å²) in [6, 6.07) is 3.58. The smallest absolute Gasteiger partial charge is 0.290 e. The predicted octanol–water partition coefficient (Wildman–Crippen LogP) is -0.262. The second-order valence-electron chi connectivity index (χ2n) is 5.14. The molecule has 0 spiro atoms. The lowest BCUT2D eigenvalue weighted by Crippen LogP contribution is -2.41. The summed E-state index contributed by atoms with van der Waals surface area (Å²) < 4.78 is 10.3. The molecule has 0 saturated carbocycles. The monoisotopic (exact) mass is 334 g/mol.